The zero-order chi connectivity index (χ0) is 20.0. The van der Waals surface area contributed by atoms with Gasteiger partial charge in [-0.3, -0.25) is 19.4 Å². The lowest BCUT2D eigenvalue weighted by molar-refractivity contribution is -0.129. The number of likely N-dealkylation sites (tertiary alicyclic amines) is 1. The van der Waals surface area contributed by atoms with Crippen molar-refractivity contribution in [3.05, 3.63) is 41.5 Å². The summed E-state index contributed by atoms with van der Waals surface area (Å²) in [7, 11) is 1.83. The van der Waals surface area contributed by atoms with Gasteiger partial charge in [-0.2, -0.15) is 10.2 Å². The second kappa shape index (κ2) is 6.74. The molecule has 8 nitrogen and oxygen atoms in total. The fourth-order valence-corrected chi connectivity index (χ4v) is 3.89. The topological polar surface area (TPSA) is 95.9 Å². The number of anilines is 1. The highest BCUT2D eigenvalue weighted by molar-refractivity contribution is 6.02. The zero-order valence-corrected chi connectivity index (χ0v) is 15.9. The maximum atomic E-state index is 13.4. The maximum Gasteiger partial charge on any atom is 0.231 e. The summed E-state index contributed by atoms with van der Waals surface area (Å²) in [6.45, 7) is 4.32. The molecule has 0 spiro atoms. The molecule has 2 aromatic heterocycles. The van der Waals surface area contributed by atoms with Crippen molar-refractivity contribution in [2.45, 2.75) is 26.3 Å². The summed E-state index contributed by atoms with van der Waals surface area (Å²) in [5.41, 5.74) is 2.27. The average molecular weight is 384 g/mol. The van der Waals surface area contributed by atoms with Crippen LogP contribution in [0.3, 0.4) is 0 Å². The molecule has 28 heavy (non-hydrogen) atoms. The van der Waals surface area contributed by atoms with E-state index in [2.05, 4.69) is 20.6 Å². The lowest BCUT2D eigenvalue weighted by Crippen LogP contribution is -2.32. The number of hydrogen-bond donors (Lipinski definition) is 2. The average Bonchev–Trinajstić information content (AvgIpc) is 3.31. The van der Waals surface area contributed by atoms with Crippen LogP contribution in [0, 0.1) is 18.7 Å². The lowest BCUT2D eigenvalue weighted by Gasteiger charge is -2.26. The number of amides is 2. The van der Waals surface area contributed by atoms with Crippen LogP contribution in [0.2, 0.25) is 0 Å². The minimum absolute atomic E-state index is 0.0649. The first kappa shape index (κ1) is 18.1. The first-order valence-corrected chi connectivity index (χ1v) is 9.13. The number of aryl methyl sites for hydroxylation is 1. The molecule has 2 atom stereocenters. The summed E-state index contributed by atoms with van der Waals surface area (Å²) >= 11 is 0. The van der Waals surface area contributed by atoms with Crippen molar-refractivity contribution < 1.29 is 14.0 Å². The van der Waals surface area contributed by atoms with Crippen molar-refractivity contribution in [2.24, 2.45) is 13.0 Å². The van der Waals surface area contributed by atoms with E-state index < -0.39 is 5.92 Å². The van der Waals surface area contributed by atoms with Crippen LogP contribution in [0.15, 0.2) is 24.4 Å². The van der Waals surface area contributed by atoms with Crippen LogP contribution < -0.4 is 5.32 Å². The monoisotopic (exact) mass is 384 g/mol. The van der Waals surface area contributed by atoms with Gasteiger partial charge in [0.1, 0.15) is 5.82 Å². The third-order valence-corrected chi connectivity index (χ3v) is 5.47. The van der Waals surface area contributed by atoms with Gasteiger partial charge in [0.2, 0.25) is 11.8 Å². The van der Waals surface area contributed by atoms with Crippen LogP contribution >= 0.6 is 0 Å². The minimum Gasteiger partial charge on any atom is -0.335 e. The van der Waals surface area contributed by atoms with Crippen LogP contribution in [-0.2, 0) is 16.6 Å². The molecular formula is C19H21FN6O2. The van der Waals surface area contributed by atoms with Crippen molar-refractivity contribution >= 4 is 28.5 Å². The van der Waals surface area contributed by atoms with E-state index in [0.29, 0.717) is 23.3 Å². The van der Waals surface area contributed by atoms with Gasteiger partial charge in [0.25, 0.3) is 0 Å². The second-order valence-corrected chi connectivity index (χ2v) is 7.00. The number of hydrogen-bond acceptors (Lipinski definition) is 4. The molecule has 4 rings (SSSR count). The van der Waals surface area contributed by atoms with Gasteiger partial charge < -0.3 is 10.2 Å². The van der Waals surface area contributed by atoms with E-state index in [0.717, 1.165) is 11.3 Å². The molecule has 0 aliphatic carbocycles. The molecule has 1 aliphatic heterocycles. The summed E-state index contributed by atoms with van der Waals surface area (Å²) in [6.07, 6.45) is 1.84. The number of nitrogens with zero attached hydrogens (tertiary/aromatic N) is 4. The van der Waals surface area contributed by atoms with Crippen LogP contribution in [0.4, 0.5) is 10.2 Å². The van der Waals surface area contributed by atoms with Gasteiger partial charge in [-0.05, 0) is 32.0 Å². The molecule has 1 fully saturated rings. The van der Waals surface area contributed by atoms with Gasteiger partial charge in [-0.15, -0.1) is 0 Å². The van der Waals surface area contributed by atoms with E-state index in [1.807, 2.05) is 20.9 Å². The van der Waals surface area contributed by atoms with Crippen LogP contribution in [0.25, 0.3) is 10.9 Å². The number of carbonyl (C=O) groups is 2. The number of rotatable bonds is 4. The zero-order valence-electron chi connectivity index (χ0n) is 15.9. The lowest BCUT2D eigenvalue weighted by atomic mass is 9.93. The number of aromatic amines is 1. The normalized spacial score (nSPS) is 19.6. The van der Waals surface area contributed by atoms with Gasteiger partial charge in [0.05, 0.1) is 23.7 Å². The first-order chi connectivity index (χ1) is 13.4. The molecule has 0 bridgehead atoms. The molecule has 0 saturated carbocycles. The van der Waals surface area contributed by atoms with Crippen molar-refractivity contribution in [3.63, 3.8) is 0 Å². The van der Waals surface area contributed by atoms with E-state index in [9.17, 15) is 14.0 Å². The van der Waals surface area contributed by atoms with Crippen molar-refractivity contribution in [1.82, 2.24) is 24.9 Å². The minimum atomic E-state index is -0.567. The van der Waals surface area contributed by atoms with Crippen LogP contribution in [0.1, 0.15) is 30.6 Å². The second-order valence-electron chi connectivity index (χ2n) is 7.00. The summed E-state index contributed by atoms with van der Waals surface area (Å²) in [5, 5.41) is 14.5. The van der Waals surface area contributed by atoms with E-state index in [4.69, 9.17) is 0 Å². The van der Waals surface area contributed by atoms with Gasteiger partial charge in [-0.1, -0.05) is 0 Å². The Morgan fingerprint density at radius 2 is 2.21 bits per heavy atom. The Bertz CT molecular complexity index is 1070. The van der Waals surface area contributed by atoms with E-state index in [1.54, 1.807) is 21.8 Å². The number of nitrogens with one attached hydrogen (secondary N) is 2. The van der Waals surface area contributed by atoms with Crippen LogP contribution in [0.5, 0.6) is 0 Å². The van der Waals surface area contributed by atoms with Crippen molar-refractivity contribution in [2.75, 3.05) is 11.9 Å². The van der Waals surface area contributed by atoms with E-state index >= 15 is 0 Å². The van der Waals surface area contributed by atoms with Crippen LogP contribution in [-0.4, -0.2) is 43.2 Å². The predicted molar refractivity (Wildman–Crippen MR) is 101 cm³/mol. The Kier molecular flexibility index (Phi) is 4.37. The Morgan fingerprint density at radius 1 is 1.43 bits per heavy atom. The Labute approximate surface area is 160 Å². The first-order valence-electron chi connectivity index (χ1n) is 9.13. The fraction of sp³-hybridized carbons (Fsp3) is 0.368. The molecule has 0 unspecified atom stereocenters. The van der Waals surface area contributed by atoms with Gasteiger partial charge in [0, 0.05) is 36.7 Å². The quantitative estimate of drug-likeness (QED) is 0.721. The van der Waals surface area contributed by atoms with Crippen molar-refractivity contribution in [1.29, 1.82) is 0 Å². The fourth-order valence-electron chi connectivity index (χ4n) is 3.89. The highest BCUT2D eigenvalue weighted by Crippen LogP contribution is 2.40. The summed E-state index contributed by atoms with van der Waals surface area (Å²) in [5.74, 6) is -0.993. The largest absolute Gasteiger partial charge is 0.335 e. The Hall–Kier alpha value is -3.23. The van der Waals surface area contributed by atoms with E-state index in [1.165, 1.54) is 12.1 Å². The molecule has 2 amide bonds. The number of aromatic nitrogens is 4. The Balaban J connectivity index is 1.66. The smallest absolute Gasteiger partial charge is 0.231 e. The van der Waals surface area contributed by atoms with E-state index in [-0.39, 0.29) is 30.1 Å². The molecule has 1 saturated heterocycles. The summed E-state index contributed by atoms with van der Waals surface area (Å²) < 4.78 is 15.1. The predicted octanol–water partition coefficient (Wildman–Crippen LogP) is 2.29. The molecule has 0 radical (unpaired) electrons. The molecule has 3 aromatic rings. The third kappa shape index (κ3) is 2.83. The Morgan fingerprint density at radius 3 is 2.89 bits per heavy atom. The molecule has 2 N–H and O–H groups in total. The molecule has 146 valence electrons. The number of halogens is 1. The maximum absolute atomic E-state index is 13.4. The van der Waals surface area contributed by atoms with Gasteiger partial charge >= 0.3 is 0 Å². The highest BCUT2D eigenvalue weighted by Gasteiger charge is 2.45. The standard InChI is InChI=1S/C19H21FN6O2/c1-4-26-16(27)8-13(17(26)14-9-21-25(3)10(14)2)19(28)22-18-12-6-5-11(20)7-15(12)23-24-18/h5-7,9,13,17H,4,8H2,1-3H3,(H2,22,23,24,28)/t13-,17-/m0/s1. The van der Waals surface area contributed by atoms with Gasteiger partial charge in [-0.25, -0.2) is 4.39 Å². The SMILES string of the molecule is CCN1C(=O)C[C@H](C(=O)Nc2n[nH]c3cc(F)ccc23)[C@H]1c1cnn(C)c1C. The van der Waals surface area contributed by atoms with Gasteiger partial charge in [0.15, 0.2) is 5.82 Å². The molecule has 1 aromatic carbocycles. The number of H-pyrrole nitrogens is 1. The molecule has 1 aliphatic rings. The molecule has 9 heteroatoms. The molecule has 3 heterocycles. The summed E-state index contributed by atoms with van der Waals surface area (Å²) in [4.78, 5) is 27.3. The number of benzene rings is 1. The number of fused-ring (bicyclic) bond motifs is 1. The summed E-state index contributed by atoms with van der Waals surface area (Å²) in [6, 6.07) is 3.81. The highest BCUT2D eigenvalue weighted by atomic mass is 19.1. The molecular weight excluding hydrogens is 363 g/mol. The third-order valence-electron chi connectivity index (χ3n) is 5.47. The number of carbonyl (C=O) groups excluding carboxylic acids is 2. The van der Waals surface area contributed by atoms with Crippen molar-refractivity contribution in [3.8, 4) is 0 Å².